The van der Waals surface area contributed by atoms with Crippen LogP contribution in [0.3, 0.4) is 0 Å². The van der Waals surface area contributed by atoms with Crippen LogP contribution in [-0.4, -0.2) is 5.78 Å². The molecule has 2 aliphatic rings. The molecule has 2 rings (SSSR count). The predicted octanol–water partition coefficient (Wildman–Crippen LogP) is 2.79. The summed E-state index contributed by atoms with van der Waals surface area (Å²) in [4.78, 5) is 11.7. The van der Waals surface area contributed by atoms with Gasteiger partial charge in [-0.3, -0.25) is 4.79 Å². The molecule has 0 amide bonds. The first-order chi connectivity index (χ1) is 5.46. The molecule has 2 atom stereocenters. The lowest BCUT2D eigenvalue weighted by atomic mass is 9.73. The maximum Gasteiger partial charge on any atom is 0.137 e. The van der Waals surface area contributed by atoms with Gasteiger partial charge in [-0.1, -0.05) is 20.8 Å². The van der Waals surface area contributed by atoms with E-state index < -0.39 is 0 Å². The molecule has 0 bridgehead atoms. The molecule has 0 saturated heterocycles. The SMILES string of the molecule is CC1(C)CC[C@@]2(C)CCC(=O)[C@@H]12. The summed E-state index contributed by atoms with van der Waals surface area (Å²) in [5, 5.41) is 0. The van der Waals surface area contributed by atoms with Crippen LogP contribution in [0.4, 0.5) is 0 Å². The van der Waals surface area contributed by atoms with Gasteiger partial charge in [0.1, 0.15) is 5.78 Å². The van der Waals surface area contributed by atoms with Gasteiger partial charge in [-0.05, 0) is 30.1 Å². The molecule has 0 aromatic rings. The smallest absolute Gasteiger partial charge is 0.137 e. The lowest BCUT2D eigenvalue weighted by Crippen LogP contribution is -2.29. The molecule has 2 fully saturated rings. The number of rotatable bonds is 0. The lowest BCUT2D eigenvalue weighted by Gasteiger charge is -2.29. The maximum atomic E-state index is 11.7. The second-order valence-electron chi connectivity index (χ2n) is 5.54. The highest BCUT2D eigenvalue weighted by molar-refractivity contribution is 5.85. The van der Waals surface area contributed by atoms with Gasteiger partial charge in [0, 0.05) is 12.3 Å². The monoisotopic (exact) mass is 166 g/mol. The fourth-order valence-electron chi connectivity index (χ4n) is 3.49. The summed E-state index contributed by atoms with van der Waals surface area (Å²) in [6, 6.07) is 0. The Kier molecular flexibility index (Phi) is 1.47. The fourth-order valence-corrected chi connectivity index (χ4v) is 3.49. The Bertz CT molecular complexity index is 229. The van der Waals surface area contributed by atoms with E-state index in [9.17, 15) is 4.79 Å². The van der Waals surface area contributed by atoms with E-state index in [1.165, 1.54) is 12.8 Å². The number of ketones is 1. The van der Waals surface area contributed by atoms with Crippen molar-refractivity contribution >= 4 is 5.78 Å². The number of carbonyl (C=O) groups excluding carboxylic acids is 1. The standard InChI is InChI=1S/C11H18O/c1-10(2)6-7-11(3)5-4-8(12)9(10)11/h9H,4-7H2,1-3H3/t9-,11+/m0/s1. The van der Waals surface area contributed by atoms with Crippen LogP contribution in [0, 0.1) is 16.7 Å². The maximum absolute atomic E-state index is 11.7. The van der Waals surface area contributed by atoms with Crippen molar-refractivity contribution in [1.29, 1.82) is 0 Å². The third kappa shape index (κ3) is 0.884. The molecule has 0 spiro atoms. The minimum atomic E-state index is 0.280. The molecule has 2 saturated carbocycles. The highest BCUT2D eigenvalue weighted by Gasteiger charge is 2.56. The molecule has 0 radical (unpaired) electrons. The van der Waals surface area contributed by atoms with Crippen molar-refractivity contribution in [2.75, 3.05) is 0 Å². The normalized spacial score (nSPS) is 44.9. The summed E-state index contributed by atoms with van der Waals surface area (Å²) in [5.74, 6) is 0.894. The van der Waals surface area contributed by atoms with Gasteiger partial charge in [0.05, 0.1) is 0 Å². The second kappa shape index (κ2) is 2.12. The predicted molar refractivity (Wildman–Crippen MR) is 48.9 cm³/mol. The van der Waals surface area contributed by atoms with Crippen molar-refractivity contribution in [3.63, 3.8) is 0 Å². The van der Waals surface area contributed by atoms with Crippen molar-refractivity contribution in [2.45, 2.75) is 46.5 Å². The number of Topliss-reactive ketones (excluding diaryl/α,β-unsaturated/α-hetero) is 1. The summed E-state index contributed by atoms with van der Waals surface area (Å²) >= 11 is 0. The van der Waals surface area contributed by atoms with E-state index in [-0.39, 0.29) is 5.41 Å². The molecule has 0 aromatic carbocycles. The van der Waals surface area contributed by atoms with E-state index >= 15 is 0 Å². The van der Waals surface area contributed by atoms with E-state index in [2.05, 4.69) is 20.8 Å². The van der Waals surface area contributed by atoms with Crippen molar-refractivity contribution in [2.24, 2.45) is 16.7 Å². The number of carbonyl (C=O) groups is 1. The first kappa shape index (κ1) is 8.28. The van der Waals surface area contributed by atoms with Gasteiger partial charge < -0.3 is 0 Å². The molecule has 0 heterocycles. The van der Waals surface area contributed by atoms with Gasteiger partial charge in [0.25, 0.3) is 0 Å². The zero-order valence-corrected chi connectivity index (χ0v) is 8.31. The molecule has 12 heavy (non-hydrogen) atoms. The molecule has 0 N–H and O–H groups in total. The minimum Gasteiger partial charge on any atom is -0.299 e. The Hall–Kier alpha value is -0.330. The first-order valence-electron chi connectivity index (χ1n) is 4.98. The van der Waals surface area contributed by atoms with E-state index in [4.69, 9.17) is 0 Å². The summed E-state index contributed by atoms with van der Waals surface area (Å²) in [7, 11) is 0. The lowest BCUT2D eigenvalue weighted by molar-refractivity contribution is -0.124. The topological polar surface area (TPSA) is 17.1 Å². The molecule has 1 nitrogen and oxygen atoms in total. The quantitative estimate of drug-likeness (QED) is 0.541. The van der Waals surface area contributed by atoms with E-state index in [1.54, 1.807) is 0 Å². The van der Waals surface area contributed by atoms with Crippen LogP contribution in [0.25, 0.3) is 0 Å². The molecule has 0 unspecified atom stereocenters. The fraction of sp³-hybridized carbons (Fsp3) is 0.909. The van der Waals surface area contributed by atoms with Crippen molar-refractivity contribution in [3.8, 4) is 0 Å². The van der Waals surface area contributed by atoms with Crippen LogP contribution < -0.4 is 0 Å². The van der Waals surface area contributed by atoms with Crippen LogP contribution >= 0.6 is 0 Å². The highest BCUT2D eigenvalue weighted by atomic mass is 16.1. The summed E-state index contributed by atoms with van der Waals surface area (Å²) in [6.45, 7) is 6.82. The Morgan fingerprint density at radius 1 is 1.17 bits per heavy atom. The van der Waals surface area contributed by atoms with Crippen LogP contribution in [-0.2, 0) is 4.79 Å². The van der Waals surface area contributed by atoms with Crippen molar-refractivity contribution < 1.29 is 4.79 Å². The van der Waals surface area contributed by atoms with Crippen LogP contribution in [0.2, 0.25) is 0 Å². The summed E-state index contributed by atoms with van der Waals surface area (Å²) < 4.78 is 0. The molecule has 0 aromatic heterocycles. The highest BCUT2D eigenvalue weighted by Crippen LogP contribution is 2.60. The van der Waals surface area contributed by atoms with E-state index in [1.807, 2.05) is 0 Å². The number of fused-ring (bicyclic) bond motifs is 1. The Balaban J connectivity index is 2.37. The van der Waals surface area contributed by atoms with E-state index in [0.29, 0.717) is 17.1 Å². The summed E-state index contributed by atoms with van der Waals surface area (Å²) in [6.07, 6.45) is 4.47. The third-order valence-corrected chi connectivity index (χ3v) is 4.08. The summed E-state index contributed by atoms with van der Waals surface area (Å²) in [5.41, 5.74) is 0.642. The Morgan fingerprint density at radius 2 is 1.83 bits per heavy atom. The third-order valence-electron chi connectivity index (χ3n) is 4.08. The first-order valence-corrected chi connectivity index (χ1v) is 4.98. The minimum absolute atomic E-state index is 0.280. The molecule has 68 valence electrons. The number of hydrogen-bond acceptors (Lipinski definition) is 1. The van der Waals surface area contributed by atoms with Gasteiger partial charge in [-0.15, -0.1) is 0 Å². The zero-order valence-electron chi connectivity index (χ0n) is 8.31. The Labute approximate surface area is 74.5 Å². The molecule has 0 aliphatic heterocycles. The average molecular weight is 166 g/mol. The van der Waals surface area contributed by atoms with Gasteiger partial charge in [-0.25, -0.2) is 0 Å². The molecular formula is C11H18O. The van der Waals surface area contributed by atoms with E-state index in [0.717, 1.165) is 12.8 Å². The van der Waals surface area contributed by atoms with Crippen LogP contribution in [0.1, 0.15) is 46.5 Å². The molecule has 1 heteroatoms. The Morgan fingerprint density at radius 3 is 2.42 bits per heavy atom. The van der Waals surface area contributed by atoms with Gasteiger partial charge in [0.15, 0.2) is 0 Å². The zero-order chi connectivity index (χ0) is 8.98. The molecule has 2 aliphatic carbocycles. The number of hydrogen-bond donors (Lipinski definition) is 0. The van der Waals surface area contributed by atoms with Crippen molar-refractivity contribution in [3.05, 3.63) is 0 Å². The van der Waals surface area contributed by atoms with Gasteiger partial charge in [0.2, 0.25) is 0 Å². The van der Waals surface area contributed by atoms with Gasteiger partial charge in [-0.2, -0.15) is 0 Å². The van der Waals surface area contributed by atoms with Gasteiger partial charge >= 0.3 is 0 Å². The largest absolute Gasteiger partial charge is 0.299 e. The van der Waals surface area contributed by atoms with Crippen LogP contribution in [0.5, 0.6) is 0 Å². The average Bonchev–Trinajstić information content (AvgIpc) is 2.36. The molecular weight excluding hydrogens is 148 g/mol. The van der Waals surface area contributed by atoms with Crippen molar-refractivity contribution in [1.82, 2.24) is 0 Å². The van der Waals surface area contributed by atoms with Crippen LogP contribution in [0.15, 0.2) is 0 Å². The second-order valence-corrected chi connectivity index (χ2v) is 5.54.